The number of nitrogens with zero attached hydrogens (tertiary/aromatic N) is 6. The highest BCUT2D eigenvalue weighted by molar-refractivity contribution is 6.08. The van der Waals surface area contributed by atoms with E-state index in [0.717, 1.165) is 68.0 Å². The van der Waals surface area contributed by atoms with Crippen molar-refractivity contribution in [3.63, 3.8) is 0 Å². The second-order valence-corrected chi connectivity index (χ2v) is 21.9. The fraction of sp³-hybridized carbons (Fsp3) is 0.182. The van der Waals surface area contributed by atoms with E-state index in [1.807, 2.05) is 0 Å². The number of pyridine rings is 1. The summed E-state index contributed by atoms with van der Waals surface area (Å²) in [7, 11) is 0. The Morgan fingerprint density at radius 2 is 0.500 bits per heavy atom. The molecule has 6 heteroatoms. The number of para-hydroxylation sites is 8. The van der Waals surface area contributed by atoms with E-state index in [4.69, 9.17) is 4.98 Å². The third-order valence-corrected chi connectivity index (χ3v) is 16.6. The third kappa shape index (κ3) is 5.79. The number of aromatic nitrogens is 1. The van der Waals surface area contributed by atoms with Gasteiger partial charge in [0.25, 0.3) is 0 Å². The summed E-state index contributed by atoms with van der Waals surface area (Å²) in [6.07, 6.45) is 0. The van der Waals surface area contributed by atoms with Gasteiger partial charge in [0.1, 0.15) is 17.3 Å². The van der Waals surface area contributed by atoms with E-state index in [0.29, 0.717) is 17.2 Å². The molecule has 0 amide bonds. The van der Waals surface area contributed by atoms with Crippen LogP contribution in [0.5, 0.6) is 0 Å². The monoisotopic (exact) mass is 932 g/mol. The Morgan fingerprint density at radius 1 is 0.292 bits per heavy atom. The van der Waals surface area contributed by atoms with E-state index in [9.17, 15) is 5.26 Å². The van der Waals surface area contributed by atoms with Gasteiger partial charge in [0.05, 0.1) is 51.2 Å². The first kappa shape index (κ1) is 43.6. The summed E-state index contributed by atoms with van der Waals surface area (Å²) >= 11 is 0. The van der Waals surface area contributed by atoms with Crippen LogP contribution in [0, 0.1) is 11.3 Å². The molecule has 0 N–H and O–H groups in total. The van der Waals surface area contributed by atoms with Crippen LogP contribution in [0.1, 0.15) is 105 Å². The number of benzene rings is 8. The van der Waals surface area contributed by atoms with Crippen molar-refractivity contribution in [3.8, 4) is 6.07 Å². The average Bonchev–Trinajstić information content (AvgIpc) is 3.40. The van der Waals surface area contributed by atoms with Crippen LogP contribution >= 0.6 is 0 Å². The van der Waals surface area contributed by atoms with Gasteiger partial charge in [0, 0.05) is 21.7 Å². The number of anilines is 12. The van der Waals surface area contributed by atoms with Crippen molar-refractivity contribution < 1.29 is 0 Å². The van der Waals surface area contributed by atoms with Gasteiger partial charge in [0.2, 0.25) is 0 Å². The minimum atomic E-state index is -0.365. The molecule has 0 aliphatic carbocycles. The molecular formula is C66H56N6. The molecule has 0 radical (unpaired) electrons. The standard InChI is InChI=1S/C66H56N6/c1-63(2)43-25-9-17-33-51(43)69(52-34-18-10-26-44(52)63)59-42(41-67)61(71-55-37-21-13-29-47(55)65(5,6)48-30-14-22-38-56(48)71)68-62(72-57-39-23-15-31-49(57)66(7,8)50-32-16-24-40-58(50)72)60(59)70-53-35-19-11-27-45(53)64(3,4)46-28-12-20-36-54(46)70/h9-40H,1-8H3. The fourth-order valence-electron chi connectivity index (χ4n) is 13.0. The van der Waals surface area contributed by atoms with Gasteiger partial charge in [-0.05, 0) is 93.0 Å². The van der Waals surface area contributed by atoms with E-state index in [2.05, 4.69) is 275 Å². The topological polar surface area (TPSA) is 49.6 Å². The van der Waals surface area contributed by atoms with Crippen LogP contribution in [0.25, 0.3) is 0 Å². The molecule has 4 aliphatic rings. The number of nitriles is 1. The molecule has 0 atom stereocenters. The Kier molecular flexibility index (Phi) is 9.27. The summed E-state index contributed by atoms with van der Waals surface area (Å²) in [5.74, 6) is 1.26. The maximum absolute atomic E-state index is 12.6. The minimum Gasteiger partial charge on any atom is -0.306 e. The molecule has 72 heavy (non-hydrogen) atoms. The first-order chi connectivity index (χ1) is 34.8. The Balaban J connectivity index is 1.29. The highest BCUT2D eigenvalue weighted by Crippen LogP contribution is 2.65. The molecule has 13 rings (SSSR count). The van der Waals surface area contributed by atoms with Crippen molar-refractivity contribution in [2.45, 2.75) is 77.0 Å². The van der Waals surface area contributed by atoms with Crippen LogP contribution in [0.3, 0.4) is 0 Å². The first-order valence-corrected chi connectivity index (χ1v) is 25.2. The molecule has 6 nitrogen and oxygen atoms in total. The normalized spacial score (nSPS) is 16.7. The number of rotatable bonds is 4. The predicted octanol–water partition coefficient (Wildman–Crippen LogP) is 17.4. The summed E-state index contributed by atoms with van der Waals surface area (Å²) < 4.78 is 0. The molecule has 350 valence electrons. The summed E-state index contributed by atoms with van der Waals surface area (Å²) in [4.78, 5) is 15.7. The van der Waals surface area contributed by atoms with Crippen LogP contribution in [0.15, 0.2) is 194 Å². The van der Waals surface area contributed by atoms with Gasteiger partial charge in [-0.25, -0.2) is 4.98 Å². The van der Waals surface area contributed by atoms with Gasteiger partial charge < -0.3 is 9.80 Å². The Bertz CT molecular complexity index is 3580. The van der Waals surface area contributed by atoms with E-state index in [-0.39, 0.29) is 21.7 Å². The van der Waals surface area contributed by atoms with Gasteiger partial charge in [0.15, 0.2) is 11.6 Å². The van der Waals surface area contributed by atoms with E-state index in [1.165, 1.54) is 33.4 Å². The zero-order valence-electron chi connectivity index (χ0n) is 42.2. The molecule has 0 spiro atoms. The first-order valence-electron chi connectivity index (χ1n) is 25.2. The lowest BCUT2D eigenvalue weighted by Crippen LogP contribution is -2.36. The molecule has 4 aliphatic heterocycles. The van der Waals surface area contributed by atoms with Crippen molar-refractivity contribution in [3.05, 3.63) is 244 Å². The van der Waals surface area contributed by atoms with Crippen molar-refractivity contribution >= 4 is 68.5 Å². The zero-order valence-corrected chi connectivity index (χ0v) is 42.2. The molecule has 0 fully saturated rings. The second kappa shape index (κ2) is 15.3. The summed E-state index contributed by atoms with van der Waals surface area (Å²) in [6, 6.07) is 73.2. The van der Waals surface area contributed by atoms with Crippen molar-refractivity contribution in [1.29, 1.82) is 5.26 Å². The van der Waals surface area contributed by atoms with Gasteiger partial charge in [-0.15, -0.1) is 0 Å². The molecule has 9 aromatic rings. The predicted molar refractivity (Wildman–Crippen MR) is 296 cm³/mol. The Hall–Kier alpha value is -8.40. The number of fused-ring (bicyclic) bond motifs is 8. The maximum Gasteiger partial charge on any atom is 0.166 e. The smallest absolute Gasteiger partial charge is 0.166 e. The summed E-state index contributed by atoms with van der Waals surface area (Å²) in [6.45, 7) is 18.6. The van der Waals surface area contributed by atoms with E-state index >= 15 is 0 Å². The van der Waals surface area contributed by atoms with Crippen LogP contribution in [0.2, 0.25) is 0 Å². The van der Waals surface area contributed by atoms with Gasteiger partial charge in [-0.3, -0.25) is 9.80 Å². The summed E-state index contributed by atoms with van der Waals surface area (Å²) in [5, 5.41) is 12.6. The molecule has 8 aromatic carbocycles. The highest BCUT2D eigenvalue weighted by atomic mass is 15.3. The molecule has 0 saturated heterocycles. The zero-order chi connectivity index (χ0) is 49.5. The van der Waals surface area contributed by atoms with Crippen molar-refractivity contribution in [2.75, 3.05) is 19.6 Å². The lowest BCUT2D eigenvalue weighted by molar-refractivity contribution is 0.628. The fourth-order valence-corrected chi connectivity index (χ4v) is 13.0. The van der Waals surface area contributed by atoms with Crippen molar-refractivity contribution in [1.82, 2.24) is 4.98 Å². The van der Waals surface area contributed by atoms with Crippen LogP contribution in [-0.4, -0.2) is 4.98 Å². The van der Waals surface area contributed by atoms with Gasteiger partial charge >= 0.3 is 0 Å². The van der Waals surface area contributed by atoms with Crippen molar-refractivity contribution in [2.24, 2.45) is 0 Å². The Labute approximate surface area is 423 Å². The SMILES string of the molecule is CC1(C)c2ccccc2N(c2nc(N3c4ccccc4C(C)(C)c4ccccc43)c(N3c4ccccc4C(C)(C)c4ccccc43)c(N3c4ccccc4C(C)(C)c4ccccc43)c2C#N)c2ccccc21. The molecule has 0 bridgehead atoms. The van der Waals surface area contributed by atoms with Crippen LogP contribution < -0.4 is 19.6 Å². The van der Waals surface area contributed by atoms with Gasteiger partial charge in [-0.1, -0.05) is 201 Å². The van der Waals surface area contributed by atoms with Crippen LogP contribution in [-0.2, 0) is 21.7 Å². The highest BCUT2D eigenvalue weighted by Gasteiger charge is 2.48. The van der Waals surface area contributed by atoms with Gasteiger partial charge in [-0.2, -0.15) is 5.26 Å². The maximum atomic E-state index is 12.6. The number of hydrogen-bond donors (Lipinski definition) is 0. The Morgan fingerprint density at radius 3 is 0.750 bits per heavy atom. The lowest BCUT2D eigenvalue weighted by Gasteiger charge is -2.48. The molecular weight excluding hydrogens is 877 g/mol. The summed E-state index contributed by atoms with van der Waals surface area (Å²) in [5.41, 5.74) is 18.2. The van der Waals surface area contributed by atoms with E-state index in [1.54, 1.807) is 0 Å². The number of hydrogen-bond acceptors (Lipinski definition) is 6. The molecule has 0 unspecified atom stereocenters. The quantitative estimate of drug-likeness (QED) is 0.175. The largest absolute Gasteiger partial charge is 0.306 e. The molecule has 0 saturated carbocycles. The molecule has 1 aromatic heterocycles. The van der Waals surface area contributed by atoms with E-state index < -0.39 is 0 Å². The third-order valence-electron chi connectivity index (χ3n) is 16.6. The second-order valence-electron chi connectivity index (χ2n) is 21.9. The lowest BCUT2D eigenvalue weighted by atomic mass is 9.72. The minimum absolute atomic E-state index is 0.344. The average molecular weight is 933 g/mol. The molecule has 5 heterocycles. The van der Waals surface area contributed by atoms with Crippen LogP contribution in [0.4, 0.5) is 68.5 Å².